The highest BCUT2D eigenvalue weighted by atomic mass is 79.9. The third kappa shape index (κ3) is 16.6. The predicted molar refractivity (Wildman–Crippen MR) is 273 cm³/mol. The van der Waals surface area contributed by atoms with Crippen LogP contribution in [0.15, 0.2) is 111 Å². The SMILES string of the molecule is CC(=O)O.CC(=O)O.CN1C(=O)CSC1=O.CN1C(=O)S/C(=C\c2cc(Oc3cccc4ncccc34)c(O)cc2Br)C1=O.Cc1cc(Br)c(C=O)cc1Oc1cccc2ncccc12.N.[2HH].[B]C. The number of amides is 4. The molecule has 2 radical (unpaired) electrons. The van der Waals surface area contributed by atoms with Gasteiger partial charge in [-0.25, -0.2) is 0 Å². The monoisotopic (exact) mass is 1090 g/mol. The number of likely N-dealkylation sites (N-methyl/N-ethyl adjacent to an activating group) is 1. The van der Waals surface area contributed by atoms with Crippen molar-refractivity contribution in [2.75, 3.05) is 19.8 Å². The molecular weight excluding hydrogens is 1050 g/mol. The standard InChI is InChI=1S/C20H13BrN2O4S.C17H12BrNO2.C4H5NO2S.2C2H4O2.CH3B.H3N.H2/c1-23-19(25)18(28-20(23)26)9-11-8-17(15(24)10-13(11)21)27-16-6-2-5-14-12(16)4-3-7-22-14;1-11-8-14(18)12(10-20)9-17(11)21-16-6-2-5-15-13(16)4-3-7-19-15;1-5-3(6)2-8-4(5)7;2*1-2(3)4;1-2;;/h2-10,24H,1H3;2-10H,1H3;2H2,1H3;2*1H3,(H,3,4);1H3;1H3;1H/b18-9-;;;;;;;/i;;;;;;;1+1. The lowest BCUT2D eigenvalue weighted by molar-refractivity contribution is -0.135. The van der Waals surface area contributed by atoms with Gasteiger partial charge in [0.25, 0.3) is 28.3 Å². The molecule has 2 saturated heterocycles. The number of aryl methyl sites for hydroxylation is 1. The van der Waals surface area contributed by atoms with Gasteiger partial charge in [0.05, 0.1) is 29.5 Å². The molecule has 8 rings (SSSR count). The fraction of sp³-hybridized carbons (Fsp3) is 0.152. The Bertz CT molecular complexity index is 2820. The third-order valence-electron chi connectivity index (χ3n) is 8.39. The fourth-order valence-corrected chi connectivity index (χ4v) is 7.84. The zero-order chi connectivity index (χ0) is 50.0. The molecule has 6 aromatic rings. The van der Waals surface area contributed by atoms with Crippen LogP contribution in [0.1, 0.15) is 36.8 Å². The molecule has 0 atom stereocenters. The molecule has 0 saturated carbocycles. The Morgan fingerprint density at radius 2 is 1.22 bits per heavy atom. The molecule has 2 fully saturated rings. The molecule has 356 valence electrons. The highest BCUT2D eigenvalue weighted by Crippen LogP contribution is 2.40. The van der Waals surface area contributed by atoms with Crippen LogP contribution >= 0.6 is 55.4 Å². The third-order valence-corrected chi connectivity index (χ3v) is 11.6. The molecule has 17 nitrogen and oxygen atoms in total. The number of hydrogen-bond donors (Lipinski definition) is 4. The van der Waals surface area contributed by atoms with Crippen LogP contribution in [0.2, 0.25) is 6.82 Å². The van der Waals surface area contributed by atoms with Crippen LogP contribution in [0, 0.1) is 6.92 Å². The van der Waals surface area contributed by atoms with E-state index in [1.54, 1.807) is 36.7 Å². The van der Waals surface area contributed by atoms with E-state index < -0.39 is 11.9 Å². The molecule has 4 amide bonds. The van der Waals surface area contributed by atoms with E-state index in [9.17, 15) is 29.1 Å². The smallest absolute Gasteiger partial charge is 0.300 e. The van der Waals surface area contributed by atoms with E-state index in [4.69, 9.17) is 29.3 Å². The number of imide groups is 2. The average molecular weight is 1100 g/mol. The first-order valence-corrected chi connectivity index (χ1v) is 22.6. The number of halogens is 2. The number of rotatable bonds is 6. The van der Waals surface area contributed by atoms with Crippen molar-refractivity contribution in [3.63, 3.8) is 0 Å². The van der Waals surface area contributed by atoms with Crippen molar-refractivity contribution in [2.24, 2.45) is 0 Å². The van der Waals surface area contributed by atoms with Crippen molar-refractivity contribution in [1.82, 2.24) is 25.9 Å². The lowest BCUT2D eigenvalue weighted by atomic mass is 10.1. The summed E-state index contributed by atoms with van der Waals surface area (Å²) in [6.07, 6.45) is 5.85. The van der Waals surface area contributed by atoms with Crippen molar-refractivity contribution in [1.29, 1.82) is 0 Å². The summed E-state index contributed by atoms with van der Waals surface area (Å²) in [5.41, 5.74) is 3.77. The van der Waals surface area contributed by atoms with Gasteiger partial charge < -0.3 is 30.9 Å². The maximum absolute atomic E-state index is 12.1. The normalized spacial score (nSPS) is 12.9. The Morgan fingerprint density at radius 3 is 1.65 bits per heavy atom. The Labute approximate surface area is 419 Å². The van der Waals surface area contributed by atoms with E-state index in [1.807, 2.05) is 67.6 Å². The number of phenolic OH excluding ortho intramolecular Hbond substituents is 1. The summed E-state index contributed by atoms with van der Waals surface area (Å²) < 4.78 is 13.3. The first-order chi connectivity index (χ1) is 31.8. The number of aliphatic carboxylic acids is 2. The Balaban J connectivity index is 0.000000508. The van der Waals surface area contributed by atoms with Gasteiger partial charge in [-0.15, -0.1) is 0 Å². The number of aromatic hydroxyl groups is 1. The van der Waals surface area contributed by atoms with Crippen molar-refractivity contribution in [3.05, 3.63) is 128 Å². The summed E-state index contributed by atoms with van der Waals surface area (Å²) in [6, 6.07) is 25.5. The summed E-state index contributed by atoms with van der Waals surface area (Å²) in [7, 11) is 7.43. The van der Waals surface area contributed by atoms with Gasteiger partial charge in [0, 0.05) is 67.0 Å². The summed E-state index contributed by atoms with van der Waals surface area (Å²) in [5.74, 6) is 0.283. The van der Waals surface area contributed by atoms with Crippen LogP contribution in [0.25, 0.3) is 27.9 Å². The van der Waals surface area contributed by atoms with E-state index in [-0.39, 0.29) is 41.4 Å². The minimum atomic E-state index is -0.833. The zero-order valence-electron chi connectivity index (χ0n) is 37.3. The number of thioether (sulfide) groups is 2. The topological polar surface area (TPSA) is 266 Å². The number of aldehydes is 1. The van der Waals surface area contributed by atoms with Gasteiger partial charge in [0.2, 0.25) is 5.91 Å². The van der Waals surface area contributed by atoms with Crippen LogP contribution < -0.4 is 15.6 Å². The van der Waals surface area contributed by atoms with Crippen LogP contribution in [-0.2, 0) is 19.2 Å². The van der Waals surface area contributed by atoms with Crippen molar-refractivity contribution in [2.45, 2.75) is 27.6 Å². The number of ether oxygens (including phenoxy) is 2. The van der Waals surface area contributed by atoms with Gasteiger partial charge in [-0.05, 0) is 109 Å². The number of pyridine rings is 2. The number of nitrogens with zero attached hydrogens (tertiary/aromatic N) is 4. The minimum Gasteiger partial charge on any atom is -0.504 e. The van der Waals surface area contributed by atoms with Crippen LogP contribution in [0.3, 0.4) is 0 Å². The van der Waals surface area contributed by atoms with Gasteiger partial charge in [-0.3, -0.25) is 53.3 Å². The molecule has 68 heavy (non-hydrogen) atoms. The molecule has 4 heterocycles. The van der Waals surface area contributed by atoms with Crippen molar-refractivity contribution >= 4 is 132 Å². The van der Waals surface area contributed by atoms with E-state index in [0.29, 0.717) is 37.8 Å². The molecule has 4 aromatic carbocycles. The molecule has 6 N–H and O–H groups in total. The Morgan fingerprint density at radius 1 is 0.735 bits per heavy atom. The predicted octanol–water partition coefficient (Wildman–Crippen LogP) is 11.2. The van der Waals surface area contributed by atoms with Gasteiger partial charge >= 0.3 is 0 Å². The maximum atomic E-state index is 12.1. The molecule has 0 spiro atoms. The minimum absolute atomic E-state index is 0. The van der Waals surface area contributed by atoms with E-state index >= 15 is 0 Å². The highest BCUT2D eigenvalue weighted by Gasteiger charge is 2.32. The number of aromatic nitrogens is 2. The number of carboxylic acids is 2. The lowest BCUT2D eigenvalue weighted by Gasteiger charge is -2.12. The van der Waals surface area contributed by atoms with Crippen molar-refractivity contribution in [3.8, 4) is 28.7 Å². The lowest BCUT2D eigenvalue weighted by Crippen LogP contribution is -2.22. The van der Waals surface area contributed by atoms with Gasteiger partial charge in [-0.1, -0.05) is 62.6 Å². The highest BCUT2D eigenvalue weighted by molar-refractivity contribution is 9.10. The second-order valence-corrected chi connectivity index (χ2v) is 16.9. The van der Waals surface area contributed by atoms with Gasteiger partial charge in [0.1, 0.15) is 17.2 Å². The second kappa shape index (κ2) is 27.9. The number of phenols is 1. The number of benzene rings is 4. The molecule has 2 aliphatic heterocycles. The number of carbonyl (C=O) groups excluding carboxylic acids is 5. The van der Waals surface area contributed by atoms with Gasteiger partial charge in [-0.2, -0.15) is 0 Å². The molecule has 0 aliphatic carbocycles. The average Bonchev–Trinajstić information content (AvgIpc) is 3.72. The summed E-state index contributed by atoms with van der Waals surface area (Å²) in [6.45, 7) is 5.61. The Hall–Kier alpha value is -6.59. The molecular formula is C46H46BBr2N5O12S2. The van der Waals surface area contributed by atoms with E-state index in [2.05, 4.69) is 49.7 Å². The molecule has 22 heteroatoms. The first-order valence-electron chi connectivity index (χ1n) is 19.2. The largest absolute Gasteiger partial charge is 0.504 e. The van der Waals surface area contributed by atoms with Gasteiger partial charge in [0.15, 0.2) is 17.8 Å². The van der Waals surface area contributed by atoms with Crippen LogP contribution in [0.4, 0.5) is 9.59 Å². The van der Waals surface area contributed by atoms with E-state index in [1.165, 1.54) is 27.0 Å². The maximum Gasteiger partial charge on any atom is 0.300 e. The molecule has 0 unspecified atom stereocenters. The van der Waals surface area contributed by atoms with Crippen molar-refractivity contribution < 1.29 is 59.8 Å². The number of hydrogen-bond acceptors (Lipinski definition) is 15. The van der Waals surface area contributed by atoms with Crippen LogP contribution in [0.5, 0.6) is 28.7 Å². The summed E-state index contributed by atoms with van der Waals surface area (Å²) >= 11 is 8.66. The molecule has 2 aliphatic rings. The summed E-state index contributed by atoms with van der Waals surface area (Å²) in [5, 5.41) is 26.4. The molecule has 0 bridgehead atoms. The fourth-order valence-electron chi connectivity index (χ4n) is 5.29. The zero-order valence-corrected chi connectivity index (χ0v) is 42.1. The van der Waals surface area contributed by atoms with Crippen LogP contribution in [-0.4, -0.2) is 103 Å². The first kappa shape index (κ1) is 57.5. The quantitative estimate of drug-likeness (QED) is 0.0686. The Kier molecular flexibility index (Phi) is 23.6. The number of fused-ring (bicyclic) bond motifs is 2. The number of carboxylic acid groups (broad SMARTS) is 2. The number of carbonyl (C=O) groups is 7. The summed E-state index contributed by atoms with van der Waals surface area (Å²) in [4.78, 5) is 84.9. The van der Waals surface area contributed by atoms with E-state index in [0.717, 1.165) is 91.0 Å². The second-order valence-electron chi connectivity index (χ2n) is 13.2. The molecule has 2 aromatic heterocycles.